The molecule has 3 N–H and O–H groups in total. The number of carbonyl (C=O) groups is 1. The fourth-order valence-corrected chi connectivity index (χ4v) is 3.14. The first-order valence-corrected chi connectivity index (χ1v) is 8.92. The van der Waals surface area contributed by atoms with Crippen molar-refractivity contribution in [2.75, 3.05) is 25.9 Å². The molecule has 7 heteroatoms. The van der Waals surface area contributed by atoms with Gasteiger partial charge in [-0.1, -0.05) is 13.8 Å². The highest BCUT2D eigenvalue weighted by Gasteiger charge is 2.34. The Balaban J connectivity index is 2.60. The zero-order valence-electron chi connectivity index (χ0n) is 12.8. The van der Waals surface area contributed by atoms with Crippen LogP contribution >= 0.6 is 0 Å². The number of nitrogens with one attached hydrogen (secondary N) is 1. The number of nitrogens with zero attached hydrogens (tertiary/aromatic N) is 1. The molecule has 1 aliphatic heterocycles. The van der Waals surface area contributed by atoms with Gasteiger partial charge in [-0.3, -0.25) is 4.79 Å². The topological polar surface area (TPSA) is 92.5 Å². The van der Waals surface area contributed by atoms with E-state index in [4.69, 9.17) is 5.73 Å². The van der Waals surface area contributed by atoms with E-state index in [2.05, 4.69) is 5.32 Å². The van der Waals surface area contributed by atoms with E-state index >= 15 is 0 Å². The van der Waals surface area contributed by atoms with E-state index in [1.807, 2.05) is 20.8 Å². The van der Waals surface area contributed by atoms with E-state index in [9.17, 15) is 13.2 Å². The molecule has 118 valence electrons. The average molecular weight is 305 g/mol. The van der Waals surface area contributed by atoms with E-state index in [0.717, 1.165) is 0 Å². The fraction of sp³-hybridized carbons (Fsp3) is 0.923. The van der Waals surface area contributed by atoms with Gasteiger partial charge in [0.05, 0.1) is 11.8 Å². The predicted molar refractivity (Wildman–Crippen MR) is 79.6 cm³/mol. The normalized spacial score (nSPS) is 21.7. The van der Waals surface area contributed by atoms with Crippen molar-refractivity contribution in [1.82, 2.24) is 9.62 Å². The van der Waals surface area contributed by atoms with Crippen LogP contribution in [0.15, 0.2) is 0 Å². The van der Waals surface area contributed by atoms with Gasteiger partial charge < -0.3 is 11.1 Å². The van der Waals surface area contributed by atoms with E-state index in [1.54, 1.807) is 0 Å². The predicted octanol–water partition coefficient (Wildman–Crippen LogP) is 0.148. The molecule has 20 heavy (non-hydrogen) atoms. The molecular formula is C13H27N3O3S. The molecule has 6 nitrogen and oxygen atoms in total. The Bertz CT molecular complexity index is 442. The summed E-state index contributed by atoms with van der Waals surface area (Å²) in [5.41, 5.74) is 5.35. The number of carbonyl (C=O) groups excluding carboxylic acids is 1. The monoisotopic (exact) mass is 305 g/mol. The van der Waals surface area contributed by atoms with Gasteiger partial charge in [-0.2, -0.15) is 0 Å². The highest BCUT2D eigenvalue weighted by atomic mass is 32.2. The maximum Gasteiger partial charge on any atom is 0.223 e. The van der Waals surface area contributed by atoms with Crippen LogP contribution in [0.1, 0.15) is 33.6 Å². The molecule has 1 heterocycles. The second kappa shape index (κ2) is 6.41. The van der Waals surface area contributed by atoms with Crippen LogP contribution in [0.25, 0.3) is 0 Å². The van der Waals surface area contributed by atoms with Gasteiger partial charge in [0.15, 0.2) is 0 Å². The largest absolute Gasteiger partial charge is 0.349 e. The molecule has 0 radical (unpaired) electrons. The van der Waals surface area contributed by atoms with Gasteiger partial charge in [0.1, 0.15) is 0 Å². The molecule has 1 aliphatic rings. The summed E-state index contributed by atoms with van der Waals surface area (Å²) < 4.78 is 24.3. The highest BCUT2D eigenvalue weighted by molar-refractivity contribution is 7.88. The SMILES string of the molecule is CC(C)C(C)(CN)NC(=O)C1CCN(S(C)(=O)=O)CC1. The molecule has 0 aromatic carbocycles. The third kappa shape index (κ3) is 4.17. The Hall–Kier alpha value is -0.660. The van der Waals surface area contributed by atoms with E-state index < -0.39 is 15.6 Å². The van der Waals surface area contributed by atoms with Crippen LogP contribution in [0, 0.1) is 11.8 Å². The van der Waals surface area contributed by atoms with Crippen LogP contribution in [-0.2, 0) is 14.8 Å². The number of hydrogen-bond donors (Lipinski definition) is 2. The number of amides is 1. The Labute approximate surface area is 122 Å². The van der Waals surface area contributed by atoms with Gasteiger partial charge >= 0.3 is 0 Å². The Kier molecular flexibility index (Phi) is 5.57. The lowest BCUT2D eigenvalue weighted by molar-refractivity contribution is -0.128. The van der Waals surface area contributed by atoms with Crippen molar-refractivity contribution in [3.63, 3.8) is 0 Å². The van der Waals surface area contributed by atoms with Gasteiger partial charge in [-0.25, -0.2) is 12.7 Å². The maximum absolute atomic E-state index is 12.3. The number of hydrogen-bond acceptors (Lipinski definition) is 4. The molecule has 1 amide bonds. The summed E-state index contributed by atoms with van der Waals surface area (Å²) in [7, 11) is -3.15. The molecule has 1 saturated heterocycles. The maximum atomic E-state index is 12.3. The second-order valence-corrected chi connectivity index (χ2v) is 8.18. The molecular weight excluding hydrogens is 278 g/mol. The number of nitrogens with two attached hydrogens (primary N) is 1. The molecule has 1 unspecified atom stereocenters. The van der Waals surface area contributed by atoms with Gasteiger partial charge in [0, 0.05) is 25.6 Å². The quantitative estimate of drug-likeness (QED) is 0.756. The summed E-state index contributed by atoms with van der Waals surface area (Å²) >= 11 is 0. The molecule has 0 spiro atoms. The molecule has 1 fully saturated rings. The molecule has 1 atom stereocenters. The molecule has 0 aliphatic carbocycles. The molecule has 0 saturated carbocycles. The number of rotatable bonds is 5. The standard InChI is InChI=1S/C13H27N3O3S/c1-10(2)13(3,9-14)15-12(17)11-5-7-16(8-6-11)20(4,18)19/h10-11H,5-9,14H2,1-4H3,(H,15,17). The Morgan fingerprint density at radius 2 is 1.90 bits per heavy atom. The van der Waals surface area contributed by atoms with E-state index in [0.29, 0.717) is 32.5 Å². The van der Waals surface area contributed by atoms with Crippen molar-refractivity contribution in [3.05, 3.63) is 0 Å². The average Bonchev–Trinajstić information content (AvgIpc) is 2.37. The smallest absolute Gasteiger partial charge is 0.223 e. The molecule has 0 aromatic rings. The van der Waals surface area contributed by atoms with Crippen LogP contribution in [0.3, 0.4) is 0 Å². The minimum atomic E-state index is -3.15. The lowest BCUT2D eigenvalue weighted by Gasteiger charge is -2.36. The van der Waals surface area contributed by atoms with E-state index in [1.165, 1.54) is 10.6 Å². The second-order valence-electron chi connectivity index (χ2n) is 6.20. The molecule has 0 bridgehead atoms. The zero-order chi connectivity index (χ0) is 15.6. The third-order valence-corrected chi connectivity index (χ3v) is 5.70. The van der Waals surface area contributed by atoms with Gasteiger partial charge in [0.2, 0.25) is 15.9 Å². The minimum Gasteiger partial charge on any atom is -0.349 e. The zero-order valence-corrected chi connectivity index (χ0v) is 13.7. The summed E-state index contributed by atoms with van der Waals surface area (Å²) in [6, 6.07) is 0. The van der Waals surface area contributed by atoms with Crippen molar-refractivity contribution in [3.8, 4) is 0 Å². The van der Waals surface area contributed by atoms with Crippen molar-refractivity contribution in [2.45, 2.75) is 39.2 Å². The molecule has 0 aromatic heterocycles. The van der Waals surface area contributed by atoms with Gasteiger partial charge in [-0.15, -0.1) is 0 Å². The van der Waals surface area contributed by atoms with E-state index in [-0.39, 0.29) is 17.7 Å². The van der Waals surface area contributed by atoms with Crippen molar-refractivity contribution in [2.24, 2.45) is 17.6 Å². The third-order valence-electron chi connectivity index (χ3n) is 4.40. The van der Waals surface area contributed by atoms with Crippen molar-refractivity contribution < 1.29 is 13.2 Å². The number of sulfonamides is 1. The lowest BCUT2D eigenvalue weighted by Crippen LogP contribution is -2.57. The number of piperidine rings is 1. The first-order valence-electron chi connectivity index (χ1n) is 7.07. The van der Waals surface area contributed by atoms with Crippen molar-refractivity contribution >= 4 is 15.9 Å². The summed E-state index contributed by atoms with van der Waals surface area (Å²) in [4.78, 5) is 12.3. The van der Waals surface area contributed by atoms with Crippen molar-refractivity contribution in [1.29, 1.82) is 0 Å². The van der Waals surface area contributed by atoms with Crippen LogP contribution in [-0.4, -0.2) is 50.1 Å². The fourth-order valence-electron chi connectivity index (χ4n) is 2.26. The van der Waals surface area contributed by atoms with Gasteiger partial charge in [-0.05, 0) is 25.7 Å². The first-order chi connectivity index (χ1) is 9.10. The highest BCUT2D eigenvalue weighted by Crippen LogP contribution is 2.22. The summed E-state index contributed by atoms with van der Waals surface area (Å²) in [6.07, 6.45) is 2.34. The van der Waals surface area contributed by atoms with Gasteiger partial charge in [0.25, 0.3) is 0 Å². The summed E-state index contributed by atoms with van der Waals surface area (Å²) in [6.45, 7) is 7.22. The Morgan fingerprint density at radius 1 is 1.40 bits per heavy atom. The van der Waals surface area contributed by atoms with Crippen LogP contribution in [0.4, 0.5) is 0 Å². The van der Waals surface area contributed by atoms with Crippen LogP contribution < -0.4 is 11.1 Å². The first kappa shape index (κ1) is 17.4. The lowest BCUT2D eigenvalue weighted by atomic mass is 9.87. The van der Waals surface area contributed by atoms with Crippen LogP contribution in [0.5, 0.6) is 0 Å². The Morgan fingerprint density at radius 3 is 2.25 bits per heavy atom. The van der Waals surface area contributed by atoms with Crippen LogP contribution in [0.2, 0.25) is 0 Å². The summed E-state index contributed by atoms with van der Waals surface area (Å²) in [5, 5.41) is 3.03. The minimum absolute atomic E-state index is 0.0141. The summed E-state index contributed by atoms with van der Waals surface area (Å²) in [5.74, 6) is 0.102. The molecule has 1 rings (SSSR count).